The molecule has 0 aliphatic heterocycles. The second kappa shape index (κ2) is 10.9. The van der Waals surface area contributed by atoms with Gasteiger partial charge in [-0.15, -0.1) is 0 Å². The van der Waals surface area contributed by atoms with Gasteiger partial charge >= 0.3 is 6.61 Å². The number of benzene rings is 3. The van der Waals surface area contributed by atoms with Gasteiger partial charge in [0, 0.05) is 16.5 Å². The molecular weight excluding hydrogens is 526 g/mol. The lowest BCUT2D eigenvalue weighted by Gasteiger charge is -2.45. The number of ether oxygens (including phenoxy) is 1. The average molecular weight is 554 g/mol. The monoisotopic (exact) mass is 553 g/mol. The Morgan fingerprint density at radius 3 is 2.45 bits per heavy atom. The number of amides is 1. The number of aldehydes is 1. The molecular formula is C31H27F4NO4. The lowest BCUT2D eigenvalue weighted by Crippen LogP contribution is -2.58. The Morgan fingerprint density at radius 2 is 1.80 bits per heavy atom. The fourth-order valence-corrected chi connectivity index (χ4v) is 5.38. The molecule has 1 amide bonds. The third-order valence-electron chi connectivity index (χ3n) is 7.28. The third-order valence-corrected chi connectivity index (χ3v) is 7.28. The van der Waals surface area contributed by atoms with Crippen molar-refractivity contribution < 1.29 is 36.3 Å². The quantitative estimate of drug-likeness (QED) is 0.170. The number of aryl methyl sites for hydroxylation is 1. The molecule has 1 N–H and O–H groups in total. The van der Waals surface area contributed by atoms with Crippen molar-refractivity contribution in [1.82, 2.24) is 5.32 Å². The van der Waals surface area contributed by atoms with Crippen LogP contribution in [0, 0.1) is 11.6 Å². The van der Waals surface area contributed by atoms with Gasteiger partial charge in [0.25, 0.3) is 5.91 Å². The van der Waals surface area contributed by atoms with Crippen LogP contribution in [0.25, 0.3) is 33.4 Å². The van der Waals surface area contributed by atoms with Crippen molar-refractivity contribution >= 4 is 23.2 Å². The first kappa shape index (κ1) is 27.6. The number of nitrogens with one attached hydrogen (secondary N) is 1. The Balaban J connectivity index is 1.52. The van der Waals surface area contributed by atoms with Crippen molar-refractivity contribution in [2.24, 2.45) is 0 Å². The second-order valence-electron chi connectivity index (χ2n) is 10.4. The van der Waals surface area contributed by atoms with E-state index in [1.165, 1.54) is 36.4 Å². The third kappa shape index (κ3) is 5.38. The summed E-state index contributed by atoms with van der Waals surface area (Å²) >= 11 is 0. The number of furan rings is 1. The summed E-state index contributed by atoms with van der Waals surface area (Å²) in [5.41, 5.74) is 2.49. The molecule has 3 aromatic carbocycles. The molecule has 5 nitrogen and oxygen atoms in total. The largest absolute Gasteiger partial charge is 0.455 e. The van der Waals surface area contributed by atoms with E-state index in [0.29, 0.717) is 51.7 Å². The van der Waals surface area contributed by atoms with E-state index in [-0.39, 0.29) is 18.4 Å². The number of halogens is 4. The Morgan fingerprint density at radius 1 is 1.10 bits per heavy atom. The summed E-state index contributed by atoms with van der Waals surface area (Å²) in [5, 5.41) is 3.29. The number of alkyl halides is 2. The summed E-state index contributed by atoms with van der Waals surface area (Å²) in [6.45, 7) is 0.810. The molecule has 1 aliphatic rings. The maximum Gasteiger partial charge on any atom is 0.345 e. The minimum atomic E-state index is -2.89. The van der Waals surface area contributed by atoms with E-state index in [1.54, 1.807) is 19.1 Å². The molecule has 9 heteroatoms. The zero-order chi connectivity index (χ0) is 28.6. The van der Waals surface area contributed by atoms with Crippen LogP contribution < -0.4 is 5.32 Å². The zero-order valence-corrected chi connectivity index (χ0v) is 21.9. The van der Waals surface area contributed by atoms with Gasteiger partial charge in [0.05, 0.1) is 17.2 Å². The molecule has 1 aliphatic carbocycles. The molecule has 0 spiro atoms. The van der Waals surface area contributed by atoms with Crippen LogP contribution in [0.1, 0.15) is 59.4 Å². The molecule has 1 aromatic heterocycles. The lowest BCUT2D eigenvalue weighted by atomic mass is 9.75. The Kier molecular flexibility index (Phi) is 7.51. The van der Waals surface area contributed by atoms with Gasteiger partial charge in [-0.05, 0) is 91.4 Å². The average Bonchev–Trinajstić information content (AvgIpc) is 3.25. The predicted octanol–water partition coefficient (Wildman–Crippen LogP) is 7.70. The zero-order valence-electron chi connectivity index (χ0n) is 21.9. The highest BCUT2D eigenvalue weighted by atomic mass is 19.3. The standard InChI is InChI=1S/C31H27F4NO4/c1-3-4-18-12-27-23(25(16-37)28(40-27)17-5-8-20(32)9-6-17)13-22(18)19-7-10-26(33)24(11-19)29(38)36-31(2)14-21(15-31)39-30(34)35/h5-13,16,21,30H,3-4,14-15H2,1-2H3,(H,36,38). The first-order valence-electron chi connectivity index (χ1n) is 13.0. The molecule has 0 radical (unpaired) electrons. The number of carbonyl (C=O) groups excluding carboxylic acids is 2. The maximum absolute atomic E-state index is 14.8. The van der Waals surface area contributed by atoms with Crippen molar-refractivity contribution in [2.45, 2.75) is 57.8 Å². The number of hydrogen-bond acceptors (Lipinski definition) is 4. The van der Waals surface area contributed by atoms with Gasteiger partial charge in [0.15, 0.2) is 6.29 Å². The van der Waals surface area contributed by atoms with E-state index in [4.69, 9.17) is 4.42 Å². The SMILES string of the molecule is CCCc1cc2oc(-c3ccc(F)cc3)c(C=O)c2cc1-c1ccc(F)c(C(=O)NC2(C)CC(OC(F)F)C2)c1. The van der Waals surface area contributed by atoms with E-state index in [1.807, 2.05) is 13.0 Å². The van der Waals surface area contributed by atoms with E-state index < -0.39 is 35.8 Å². The summed E-state index contributed by atoms with van der Waals surface area (Å²) < 4.78 is 63.8. The van der Waals surface area contributed by atoms with Gasteiger partial charge in [-0.25, -0.2) is 8.78 Å². The van der Waals surface area contributed by atoms with E-state index >= 15 is 0 Å². The van der Waals surface area contributed by atoms with Crippen molar-refractivity contribution in [3.63, 3.8) is 0 Å². The van der Waals surface area contributed by atoms with E-state index in [2.05, 4.69) is 10.1 Å². The highest BCUT2D eigenvalue weighted by molar-refractivity contribution is 6.04. The number of hydrogen-bond donors (Lipinski definition) is 1. The molecule has 40 heavy (non-hydrogen) atoms. The lowest BCUT2D eigenvalue weighted by molar-refractivity contribution is -0.194. The minimum Gasteiger partial charge on any atom is -0.455 e. The van der Waals surface area contributed by atoms with Crippen LogP contribution in [0.3, 0.4) is 0 Å². The molecule has 4 aromatic rings. The predicted molar refractivity (Wildman–Crippen MR) is 142 cm³/mol. The van der Waals surface area contributed by atoms with E-state index in [9.17, 15) is 27.2 Å². The van der Waals surface area contributed by atoms with Crippen molar-refractivity contribution in [3.8, 4) is 22.5 Å². The molecule has 1 fully saturated rings. The van der Waals surface area contributed by atoms with Crippen LogP contribution in [0.2, 0.25) is 0 Å². The molecule has 208 valence electrons. The summed E-state index contributed by atoms with van der Waals surface area (Å²) in [5.74, 6) is -1.49. The molecule has 0 unspecified atom stereocenters. The number of carbonyl (C=O) groups is 2. The van der Waals surface area contributed by atoms with Gasteiger partial charge in [0.1, 0.15) is 23.0 Å². The van der Waals surface area contributed by atoms with E-state index in [0.717, 1.165) is 12.0 Å². The van der Waals surface area contributed by atoms with Gasteiger partial charge in [-0.3, -0.25) is 9.59 Å². The Labute approximate surface area is 228 Å². The van der Waals surface area contributed by atoms with Crippen molar-refractivity contribution in [1.29, 1.82) is 0 Å². The fraction of sp³-hybridized carbons (Fsp3) is 0.290. The highest BCUT2D eigenvalue weighted by Gasteiger charge is 2.43. The van der Waals surface area contributed by atoms with Crippen molar-refractivity contribution in [2.75, 3.05) is 0 Å². The normalized spacial score (nSPS) is 18.6. The molecule has 1 saturated carbocycles. The highest BCUT2D eigenvalue weighted by Crippen LogP contribution is 2.39. The van der Waals surface area contributed by atoms with Crippen LogP contribution in [0.5, 0.6) is 0 Å². The summed E-state index contributed by atoms with van der Waals surface area (Å²) in [4.78, 5) is 25.2. The summed E-state index contributed by atoms with van der Waals surface area (Å²) in [7, 11) is 0. The van der Waals surface area contributed by atoms with Crippen LogP contribution in [0.15, 0.2) is 59.0 Å². The van der Waals surface area contributed by atoms with Gasteiger partial charge < -0.3 is 14.5 Å². The summed E-state index contributed by atoms with van der Waals surface area (Å²) in [6.07, 6.45) is 1.82. The number of rotatable bonds is 9. The van der Waals surface area contributed by atoms with Gasteiger partial charge in [-0.2, -0.15) is 8.78 Å². The Hall–Kier alpha value is -3.98. The topological polar surface area (TPSA) is 68.5 Å². The molecule has 1 heterocycles. The van der Waals surface area contributed by atoms with Gasteiger partial charge in [-0.1, -0.05) is 19.4 Å². The summed E-state index contributed by atoms with van der Waals surface area (Å²) in [6, 6.07) is 13.5. The maximum atomic E-state index is 14.8. The molecule has 0 saturated heterocycles. The Bertz CT molecular complexity index is 1570. The van der Waals surface area contributed by atoms with Crippen LogP contribution >= 0.6 is 0 Å². The molecule has 0 bridgehead atoms. The van der Waals surface area contributed by atoms with Crippen LogP contribution in [-0.2, 0) is 11.2 Å². The first-order chi connectivity index (χ1) is 19.1. The smallest absolute Gasteiger partial charge is 0.345 e. The van der Waals surface area contributed by atoms with Crippen LogP contribution in [-0.4, -0.2) is 30.4 Å². The van der Waals surface area contributed by atoms with Crippen LogP contribution in [0.4, 0.5) is 17.6 Å². The second-order valence-corrected chi connectivity index (χ2v) is 10.4. The minimum absolute atomic E-state index is 0.186. The first-order valence-corrected chi connectivity index (χ1v) is 13.0. The molecule has 5 rings (SSSR count). The fourth-order valence-electron chi connectivity index (χ4n) is 5.38. The molecule has 0 atom stereocenters. The number of fused-ring (bicyclic) bond motifs is 1. The van der Waals surface area contributed by atoms with Crippen molar-refractivity contribution in [3.05, 3.63) is 82.9 Å². The van der Waals surface area contributed by atoms with Gasteiger partial charge in [0.2, 0.25) is 0 Å².